The molecule has 23 heavy (non-hydrogen) atoms. The van der Waals surface area contributed by atoms with E-state index in [1.54, 1.807) is 18.5 Å². The van der Waals surface area contributed by atoms with Crippen LogP contribution in [0.4, 0.5) is 5.95 Å². The summed E-state index contributed by atoms with van der Waals surface area (Å²) < 4.78 is 0. The van der Waals surface area contributed by atoms with Crippen molar-refractivity contribution in [2.75, 3.05) is 31.5 Å². The Balaban J connectivity index is 2.06. The quantitative estimate of drug-likeness (QED) is 0.578. The molecule has 130 valence electrons. The number of aromatic nitrogens is 2. The van der Waals surface area contributed by atoms with Crippen molar-refractivity contribution in [2.45, 2.75) is 52.5 Å². The molecule has 1 amide bonds. The van der Waals surface area contributed by atoms with Crippen LogP contribution >= 0.6 is 0 Å². The average Bonchev–Trinajstić information content (AvgIpc) is 2.56. The monoisotopic (exact) mass is 321 g/mol. The number of nitrogens with one attached hydrogen (secondary N) is 2. The van der Waals surface area contributed by atoms with E-state index < -0.39 is 0 Å². The molecule has 0 aromatic carbocycles. The van der Waals surface area contributed by atoms with Gasteiger partial charge in [0.25, 0.3) is 0 Å². The van der Waals surface area contributed by atoms with Gasteiger partial charge < -0.3 is 15.5 Å². The van der Waals surface area contributed by atoms with E-state index in [1.807, 2.05) is 0 Å². The Bertz CT molecular complexity index is 422. The van der Waals surface area contributed by atoms with Crippen LogP contribution in [0, 0.1) is 0 Å². The number of nitrogens with zero attached hydrogens (tertiary/aromatic N) is 3. The van der Waals surface area contributed by atoms with Crippen molar-refractivity contribution in [1.29, 1.82) is 0 Å². The maximum atomic E-state index is 11.9. The molecule has 6 heteroatoms. The molecule has 6 nitrogen and oxygen atoms in total. The summed E-state index contributed by atoms with van der Waals surface area (Å²) in [5.74, 6) is 0.730. The van der Waals surface area contributed by atoms with Gasteiger partial charge in [0.05, 0.1) is 0 Å². The Morgan fingerprint density at radius 2 is 1.91 bits per heavy atom. The molecule has 0 aliphatic heterocycles. The largest absolute Gasteiger partial charge is 0.354 e. The third kappa shape index (κ3) is 9.13. The van der Waals surface area contributed by atoms with E-state index in [-0.39, 0.29) is 11.9 Å². The minimum atomic E-state index is 0.121. The fourth-order valence-corrected chi connectivity index (χ4v) is 2.42. The van der Waals surface area contributed by atoms with E-state index in [4.69, 9.17) is 0 Å². The predicted octanol–water partition coefficient (Wildman–Crippen LogP) is 2.30. The first-order valence-corrected chi connectivity index (χ1v) is 8.68. The van der Waals surface area contributed by atoms with Gasteiger partial charge in [-0.15, -0.1) is 0 Å². The van der Waals surface area contributed by atoms with Crippen molar-refractivity contribution in [3.8, 4) is 0 Å². The summed E-state index contributed by atoms with van der Waals surface area (Å²) in [4.78, 5) is 22.5. The van der Waals surface area contributed by atoms with Gasteiger partial charge in [0, 0.05) is 31.4 Å². The highest BCUT2D eigenvalue weighted by Crippen LogP contribution is 2.01. The molecule has 0 saturated carbocycles. The summed E-state index contributed by atoms with van der Waals surface area (Å²) >= 11 is 0. The van der Waals surface area contributed by atoms with E-state index in [0.717, 1.165) is 38.9 Å². The molecule has 1 aromatic rings. The SMILES string of the molecule is CCN(CC)CCCC(C)NC(=O)CCCNc1ncccn1. The van der Waals surface area contributed by atoms with Crippen LogP contribution in [-0.2, 0) is 4.79 Å². The fraction of sp³-hybridized carbons (Fsp3) is 0.706. The number of carbonyl (C=O) groups is 1. The molecule has 0 fully saturated rings. The van der Waals surface area contributed by atoms with Crippen LogP contribution in [0.1, 0.15) is 46.5 Å². The zero-order valence-corrected chi connectivity index (χ0v) is 14.7. The molecule has 0 aliphatic rings. The topological polar surface area (TPSA) is 70.2 Å². The van der Waals surface area contributed by atoms with Gasteiger partial charge in [-0.3, -0.25) is 4.79 Å². The molecule has 0 spiro atoms. The summed E-state index contributed by atoms with van der Waals surface area (Å²) in [5.41, 5.74) is 0. The fourth-order valence-electron chi connectivity index (χ4n) is 2.42. The van der Waals surface area contributed by atoms with Gasteiger partial charge in [-0.1, -0.05) is 13.8 Å². The van der Waals surface area contributed by atoms with Crippen LogP contribution in [0.15, 0.2) is 18.5 Å². The second-order valence-electron chi connectivity index (χ2n) is 5.74. The molecule has 0 bridgehead atoms. The molecule has 1 atom stereocenters. The highest BCUT2D eigenvalue weighted by atomic mass is 16.1. The van der Waals surface area contributed by atoms with E-state index in [0.29, 0.717) is 18.9 Å². The molecular weight excluding hydrogens is 290 g/mol. The van der Waals surface area contributed by atoms with Crippen LogP contribution < -0.4 is 10.6 Å². The number of anilines is 1. The van der Waals surface area contributed by atoms with E-state index in [1.165, 1.54) is 0 Å². The Hall–Kier alpha value is -1.69. The Morgan fingerprint density at radius 3 is 2.57 bits per heavy atom. The van der Waals surface area contributed by atoms with Gasteiger partial charge in [0.15, 0.2) is 0 Å². The number of amides is 1. The first-order valence-electron chi connectivity index (χ1n) is 8.68. The molecule has 1 heterocycles. The van der Waals surface area contributed by atoms with Crippen molar-refractivity contribution in [1.82, 2.24) is 20.2 Å². The van der Waals surface area contributed by atoms with Gasteiger partial charge in [0.2, 0.25) is 11.9 Å². The average molecular weight is 321 g/mol. The molecule has 0 aliphatic carbocycles. The summed E-state index contributed by atoms with van der Waals surface area (Å²) in [6.07, 6.45) is 6.84. The molecule has 1 unspecified atom stereocenters. The highest BCUT2D eigenvalue weighted by Gasteiger charge is 2.08. The second-order valence-corrected chi connectivity index (χ2v) is 5.74. The molecule has 2 N–H and O–H groups in total. The van der Waals surface area contributed by atoms with Gasteiger partial charge >= 0.3 is 0 Å². The standard InChI is InChI=1S/C17H31N5O/c1-4-22(5-2)14-7-9-15(3)21-16(23)10-6-11-18-17-19-12-8-13-20-17/h8,12-13,15H,4-7,9-11,14H2,1-3H3,(H,21,23)(H,18,19,20). The van der Waals surface area contributed by atoms with Gasteiger partial charge in [-0.2, -0.15) is 0 Å². The number of rotatable bonds is 12. The van der Waals surface area contributed by atoms with E-state index in [9.17, 15) is 4.79 Å². The van der Waals surface area contributed by atoms with Crippen molar-refractivity contribution in [3.63, 3.8) is 0 Å². The maximum absolute atomic E-state index is 11.9. The minimum Gasteiger partial charge on any atom is -0.354 e. The third-order valence-corrected chi connectivity index (χ3v) is 3.84. The number of carbonyl (C=O) groups excluding carboxylic acids is 1. The maximum Gasteiger partial charge on any atom is 0.222 e. The third-order valence-electron chi connectivity index (χ3n) is 3.84. The Labute approximate surface area is 140 Å². The number of hydrogen-bond donors (Lipinski definition) is 2. The van der Waals surface area contributed by atoms with Crippen LogP contribution in [0.25, 0.3) is 0 Å². The van der Waals surface area contributed by atoms with Gasteiger partial charge in [-0.25, -0.2) is 9.97 Å². The molecule has 0 radical (unpaired) electrons. The Kier molecular flexibility index (Phi) is 9.95. The van der Waals surface area contributed by atoms with Gasteiger partial charge in [-0.05, 0) is 51.9 Å². The zero-order chi connectivity index (χ0) is 16.9. The molecular formula is C17H31N5O. The minimum absolute atomic E-state index is 0.121. The number of hydrogen-bond acceptors (Lipinski definition) is 5. The highest BCUT2D eigenvalue weighted by molar-refractivity contribution is 5.76. The van der Waals surface area contributed by atoms with Crippen LogP contribution in [0.3, 0.4) is 0 Å². The smallest absolute Gasteiger partial charge is 0.222 e. The lowest BCUT2D eigenvalue weighted by molar-refractivity contribution is -0.121. The Morgan fingerprint density at radius 1 is 1.22 bits per heavy atom. The van der Waals surface area contributed by atoms with Crippen molar-refractivity contribution >= 4 is 11.9 Å². The van der Waals surface area contributed by atoms with Gasteiger partial charge in [0.1, 0.15) is 0 Å². The summed E-state index contributed by atoms with van der Waals surface area (Å²) in [6.45, 7) is 10.4. The van der Waals surface area contributed by atoms with Crippen molar-refractivity contribution in [3.05, 3.63) is 18.5 Å². The van der Waals surface area contributed by atoms with Crippen LogP contribution in [0.2, 0.25) is 0 Å². The summed E-state index contributed by atoms with van der Waals surface area (Å²) in [6, 6.07) is 2.02. The second kappa shape index (κ2) is 11.8. The normalized spacial score (nSPS) is 12.2. The van der Waals surface area contributed by atoms with Crippen molar-refractivity contribution in [2.24, 2.45) is 0 Å². The predicted molar refractivity (Wildman–Crippen MR) is 94.4 cm³/mol. The molecule has 1 aromatic heterocycles. The molecule has 1 rings (SSSR count). The van der Waals surface area contributed by atoms with E-state index in [2.05, 4.69) is 46.3 Å². The lowest BCUT2D eigenvalue weighted by atomic mass is 10.1. The summed E-state index contributed by atoms with van der Waals surface area (Å²) in [7, 11) is 0. The first kappa shape index (κ1) is 19.4. The van der Waals surface area contributed by atoms with E-state index >= 15 is 0 Å². The lowest BCUT2D eigenvalue weighted by Crippen LogP contribution is -2.33. The van der Waals surface area contributed by atoms with Crippen LogP contribution in [-0.4, -0.2) is 53.0 Å². The molecule has 0 saturated heterocycles. The first-order chi connectivity index (χ1) is 11.2. The zero-order valence-electron chi connectivity index (χ0n) is 14.7. The lowest BCUT2D eigenvalue weighted by Gasteiger charge is -2.19. The summed E-state index contributed by atoms with van der Waals surface area (Å²) in [5, 5.41) is 6.18. The van der Waals surface area contributed by atoms with Crippen LogP contribution in [0.5, 0.6) is 0 Å². The van der Waals surface area contributed by atoms with Crippen molar-refractivity contribution < 1.29 is 4.79 Å².